The number of rotatable bonds is 4. The van der Waals surface area contributed by atoms with E-state index in [0.717, 1.165) is 26.0 Å². The minimum Gasteiger partial charge on any atom is -0.459 e. The van der Waals surface area contributed by atoms with Crippen molar-refractivity contribution in [2.45, 2.75) is 6.54 Å². The van der Waals surface area contributed by atoms with E-state index < -0.39 is 0 Å². The lowest BCUT2D eigenvalue weighted by atomic mass is 10.2. The molecule has 0 aliphatic carbocycles. The molecule has 0 bridgehead atoms. The van der Waals surface area contributed by atoms with Crippen LogP contribution >= 0.6 is 55.7 Å². The predicted molar refractivity (Wildman–Crippen MR) is 112 cm³/mol. The first-order valence-electron chi connectivity index (χ1n) is 7.22. The van der Waals surface area contributed by atoms with Crippen molar-refractivity contribution < 1.29 is 4.42 Å². The van der Waals surface area contributed by atoms with E-state index >= 15 is 0 Å². The molecule has 0 aliphatic heterocycles. The Bertz CT molecular complexity index is 899. The Morgan fingerprint density at radius 1 is 1.16 bits per heavy atom. The lowest BCUT2D eigenvalue weighted by Gasteiger charge is -2.10. The van der Waals surface area contributed by atoms with Gasteiger partial charge in [0, 0.05) is 21.3 Å². The van der Waals surface area contributed by atoms with Gasteiger partial charge in [-0.15, -0.1) is 0 Å². The first-order chi connectivity index (χ1) is 12.0. The molecule has 0 aliphatic rings. The topological polar surface area (TPSA) is 50.1 Å². The van der Waals surface area contributed by atoms with Crippen LogP contribution in [-0.4, -0.2) is 10.1 Å². The number of hydrogen-bond acceptors (Lipinski definition) is 3. The van der Waals surface area contributed by atoms with Crippen molar-refractivity contribution in [3.63, 3.8) is 0 Å². The SMILES string of the molecule is S=C(NCc1ccc(-c2ccc(Cl)cc2)o1)Nc1ncc(Br)cc1Br. The molecule has 0 unspecified atom stereocenters. The summed E-state index contributed by atoms with van der Waals surface area (Å²) in [5.74, 6) is 2.20. The number of hydrogen-bond donors (Lipinski definition) is 2. The maximum Gasteiger partial charge on any atom is 0.172 e. The van der Waals surface area contributed by atoms with E-state index in [0.29, 0.717) is 22.5 Å². The highest BCUT2D eigenvalue weighted by atomic mass is 79.9. The van der Waals surface area contributed by atoms with Gasteiger partial charge < -0.3 is 15.1 Å². The number of nitrogens with zero attached hydrogens (tertiary/aromatic N) is 1. The van der Waals surface area contributed by atoms with Crippen molar-refractivity contribution in [1.82, 2.24) is 10.3 Å². The second-order valence-electron chi connectivity index (χ2n) is 5.06. The maximum absolute atomic E-state index is 5.90. The Hall–Kier alpha value is -1.41. The number of nitrogens with one attached hydrogen (secondary N) is 2. The molecule has 3 rings (SSSR count). The van der Waals surface area contributed by atoms with Crippen molar-refractivity contribution >= 4 is 66.6 Å². The van der Waals surface area contributed by atoms with Crippen molar-refractivity contribution in [1.29, 1.82) is 0 Å². The summed E-state index contributed by atoms with van der Waals surface area (Å²) in [6, 6.07) is 13.2. The zero-order valence-corrected chi connectivity index (χ0v) is 17.5. The Kier molecular flexibility index (Phi) is 6.11. The summed E-state index contributed by atoms with van der Waals surface area (Å²) in [5.41, 5.74) is 0.972. The highest BCUT2D eigenvalue weighted by Gasteiger charge is 2.07. The van der Waals surface area contributed by atoms with Crippen LogP contribution in [-0.2, 0) is 6.54 Å². The standard InChI is InChI=1S/C17H12Br2ClN3OS/c18-11-7-14(19)16(21-8-11)23-17(25)22-9-13-5-6-15(24-13)10-1-3-12(20)4-2-10/h1-8H,9H2,(H2,21,22,23,25). The normalized spacial score (nSPS) is 10.5. The summed E-state index contributed by atoms with van der Waals surface area (Å²) in [7, 11) is 0. The molecule has 0 spiro atoms. The fourth-order valence-corrected chi connectivity index (χ4v) is 3.45. The Labute approximate surface area is 172 Å². The summed E-state index contributed by atoms with van der Waals surface area (Å²) in [6.07, 6.45) is 1.70. The van der Waals surface area contributed by atoms with Crippen LogP contribution in [0.2, 0.25) is 5.02 Å². The molecule has 0 saturated carbocycles. The molecule has 8 heteroatoms. The minimum atomic E-state index is 0.458. The molecular weight excluding hydrogens is 490 g/mol. The fraction of sp³-hybridized carbons (Fsp3) is 0.0588. The third-order valence-corrected chi connectivity index (χ3v) is 4.79. The van der Waals surface area contributed by atoms with Gasteiger partial charge in [0.15, 0.2) is 5.11 Å². The fourth-order valence-electron chi connectivity index (χ4n) is 2.07. The first kappa shape index (κ1) is 18.4. The molecule has 0 radical (unpaired) electrons. The quantitative estimate of drug-likeness (QED) is 0.429. The Morgan fingerprint density at radius 2 is 1.92 bits per heavy atom. The molecule has 2 aromatic heterocycles. The van der Waals surface area contributed by atoms with Gasteiger partial charge in [0.05, 0.1) is 11.0 Å². The number of furan rings is 1. The van der Waals surface area contributed by atoms with Gasteiger partial charge in [-0.25, -0.2) is 4.98 Å². The summed E-state index contributed by atoms with van der Waals surface area (Å²) in [4.78, 5) is 4.26. The lowest BCUT2D eigenvalue weighted by molar-refractivity contribution is 0.516. The third kappa shape index (κ3) is 5.04. The predicted octanol–water partition coefficient (Wildman–Crippen LogP) is 6.01. The van der Waals surface area contributed by atoms with Crippen LogP contribution in [0.3, 0.4) is 0 Å². The maximum atomic E-state index is 5.90. The summed E-state index contributed by atoms with van der Waals surface area (Å²) < 4.78 is 7.52. The van der Waals surface area contributed by atoms with E-state index in [1.165, 1.54) is 0 Å². The smallest absolute Gasteiger partial charge is 0.172 e. The lowest BCUT2D eigenvalue weighted by Crippen LogP contribution is -2.28. The number of anilines is 1. The molecule has 0 fully saturated rings. The summed E-state index contributed by atoms with van der Waals surface area (Å²) in [5, 5.41) is 7.29. The minimum absolute atomic E-state index is 0.458. The van der Waals surface area contributed by atoms with Crippen molar-refractivity contribution in [3.8, 4) is 11.3 Å². The highest BCUT2D eigenvalue weighted by molar-refractivity contribution is 9.11. The van der Waals surface area contributed by atoms with Crippen molar-refractivity contribution in [3.05, 3.63) is 68.4 Å². The average Bonchev–Trinajstić information content (AvgIpc) is 3.05. The van der Waals surface area contributed by atoms with Crippen molar-refractivity contribution in [2.24, 2.45) is 0 Å². The highest BCUT2D eigenvalue weighted by Crippen LogP contribution is 2.24. The number of benzene rings is 1. The molecule has 25 heavy (non-hydrogen) atoms. The van der Waals surface area contributed by atoms with Gasteiger partial charge in [0.1, 0.15) is 17.3 Å². The van der Waals surface area contributed by atoms with Gasteiger partial charge in [-0.1, -0.05) is 11.6 Å². The average molecular weight is 502 g/mol. The molecule has 2 N–H and O–H groups in total. The first-order valence-corrected chi connectivity index (χ1v) is 9.59. The largest absolute Gasteiger partial charge is 0.459 e. The van der Waals surface area contributed by atoms with Gasteiger partial charge in [-0.3, -0.25) is 0 Å². The van der Waals surface area contributed by atoms with Gasteiger partial charge in [-0.05, 0) is 86.5 Å². The van der Waals surface area contributed by atoms with E-state index in [4.69, 9.17) is 28.2 Å². The third-order valence-electron chi connectivity index (χ3n) is 3.25. The molecule has 0 atom stereocenters. The Balaban J connectivity index is 1.58. The molecule has 0 saturated heterocycles. The van der Waals surface area contributed by atoms with Crippen LogP contribution in [0.5, 0.6) is 0 Å². The molecule has 1 aromatic carbocycles. The zero-order chi connectivity index (χ0) is 17.8. The molecule has 128 valence electrons. The van der Waals surface area contributed by atoms with Crippen LogP contribution in [0.4, 0.5) is 5.82 Å². The van der Waals surface area contributed by atoms with Gasteiger partial charge >= 0.3 is 0 Å². The summed E-state index contributed by atoms with van der Waals surface area (Å²) >= 11 is 18.0. The van der Waals surface area contributed by atoms with Crippen LogP contribution in [0, 0.1) is 0 Å². The van der Waals surface area contributed by atoms with Gasteiger partial charge in [0.2, 0.25) is 0 Å². The van der Waals surface area contributed by atoms with Gasteiger partial charge in [-0.2, -0.15) is 0 Å². The molecule has 4 nitrogen and oxygen atoms in total. The second-order valence-corrected chi connectivity index (χ2v) is 7.68. The Morgan fingerprint density at radius 3 is 2.64 bits per heavy atom. The van der Waals surface area contributed by atoms with E-state index in [1.54, 1.807) is 6.20 Å². The molecule has 0 amide bonds. The van der Waals surface area contributed by atoms with Crippen LogP contribution in [0.1, 0.15) is 5.76 Å². The van der Waals surface area contributed by atoms with E-state index in [-0.39, 0.29) is 0 Å². The number of thiocarbonyl (C=S) groups is 1. The van der Waals surface area contributed by atoms with Crippen LogP contribution in [0.15, 0.2) is 62.0 Å². The molecule has 2 heterocycles. The van der Waals surface area contributed by atoms with Crippen LogP contribution in [0.25, 0.3) is 11.3 Å². The van der Waals surface area contributed by atoms with Crippen LogP contribution < -0.4 is 10.6 Å². The van der Waals surface area contributed by atoms with E-state index in [9.17, 15) is 0 Å². The monoisotopic (exact) mass is 499 g/mol. The van der Waals surface area contributed by atoms with E-state index in [2.05, 4.69) is 47.5 Å². The summed E-state index contributed by atoms with van der Waals surface area (Å²) in [6.45, 7) is 0.466. The number of halogens is 3. The van der Waals surface area contributed by atoms with Crippen molar-refractivity contribution in [2.75, 3.05) is 5.32 Å². The molecular formula is C17H12Br2ClN3OS. The zero-order valence-electron chi connectivity index (χ0n) is 12.7. The van der Waals surface area contributed by atoms with Gasteiger partial charge in [0.25, 0.3) is 0 Å². The van der Waals surface area contributed by atoms with E-state index in [1.807, 2.05) is 42.5 Å². The number of aromatic nitrogens is 1. The second kappa shape index (κ2) is 8.31. The number of pyridine rings is 1. The molecule has 3 aromatic rings.